The fraction of sp³-hybridized carbons (Fsp3) is 0.471. The van der Waals surface area contributed by atoms with Crippen molar-refractivity contribution in [1.29, 1.82) is 5.26 Å². The summed E-state index contributed by atoms with van der Waals surface area (Å²) in [5.74, 6) is -1.55. The molecule has 7 nitrogen and oxygen atoms in total. The molecule has 0 aliphatic heterocycles. The van der Waals surface area contributed by atoms with Crippen LogP contribution in [0.15, 0.2) is 23.1 Å². The smallest absolute Gasteiger partial charge is 0.338 e. The molecule has 0 aliphatic carbocycles. The van der Waals surface area contributed by atoms with Gasteiger partial charge in [-0.3, -0.25) is 4.79 Å². The number of aryl methyl sites for hydroxylation is 1. The highest BCUT2D eigenvalue weighted by molar-refractivity contribution is 7.90. The first-order valence-corrected chi connectivity index (χ1v) is 9.50. The molecule has 1 aromatic carbocycles. The zero-order valence-electron chi connectivity index (χ0n) is 14.9. The van der Waals surface area contributed by atoms with Crippen molar-refractivity contribution in [3.8, 4) is 6.07 Å². The number of esters is 1. The Morgan fingerprint density at radius 3 is 2.44 bits per heavy atom. The number of ether oxygens (including phenoxy) is 1. The standard InChI is InChI=1S/C17H22N2O5S/c1-11(2)17(4,10-18)19-15(20)9-24-16(21)14-8-13(25(5,22)23)7-6-12(14)3/h6-8,11H,9H2,1-5H3,(H,19,20)/t17-/m1/s1. The van der Waals surface area contributed by atoms with Gasteiger partial charge in [-0.05, 0) is 37.5 Å². The molecule has 1 amide bonds. The van der Waals surface area contributed by atoms with E-state index in [1.807, 2.05) is 6.07 Å². The molecule has 1 aromatic rings. The lowest BCUT2D eigenvalue weighted by Gasteiger charge is -2.27. The third-order valence-electron chi connectivity index (χ3n) is 3.98. The number of benzene rings is 1. The van der Waals surface area contributed by atoms with Crippen molar-refractivity contribution in [2.24, 2.45) is 5.92 Å². The molecule has 0 aliphatic rings. The summed E-state index contributed by atoms with van der Waals surface area (Å²) in [6.45, 7) is 6.22. The number of hydrogen-bond donors (Lipinski definition) is 1. The lowest BCUT2D eigenvalue weighted by atomic mass is 9.90. The lowest BCUT2D eigenvalue weighted by Crippen LogP contribution is -2.50. The van der Waals surface area contributed by atoms with E-state index in [9.17, 15) is 23.3 Å². The predicted molar refractivity (Wildman–Crippen MR) is 91.6 cm³/mol. The monoisotopic (exact) mass is 366 g/mol. The predicted octanol–water partition coefficient (Wildman–Crippen LogP) is 1.61. The van der Waals surface area contributed by atoms with E-state index < -0.39 is 33.9 Å². The average molecular weight is 366 g/mol. The highest BCUT2D eigenvalue weighted by Gasteiger charge is 2.30. The van der Waals surface area contributed by atoms with E-state index in [1.54, 1.807) is 27.7 Å². The van der Waals surface area contributed by atoms with Crippen molar-refractivity contribution in [2.45, 2.75) is 38.1 Å². The van der Waals surface area contributed by atoms with Crippen molar-refractivity contribution in [3.63, 3.8) is 0 Å². The van der Waals surface area contributed by atoms with Crippen LogP contribution in [-0.2, 0) is 19.4 Å². The van der Waals surface area contributed by atoms with E-state index in [2.05, 4.69) is 5.32 Å². The van der Waals surface area contributed by atoms with Crippen LogP contribution in [-0.4, -0.2) is 38.7 Å². The van der Waals surface area contributed by atoms with Crippen LogP contribution in [0.3, 0.4) is 0 Å². The van der Waals surface area contributed by atoms with Gasteiger partial charge in [-0.15, -0.1) is 0 Å². The highest BCUT2D eigenvalue weighted by Crippen LogP contribution is 2.17. The second-order valence-electron chi connectivity index (χ2n) is 6.34. The Morgan fingerprint density at radius 2 is 1.96 bits per heavy atom. The second-order valence-corrected chi connectivity index (χ2v) is 8.36. The molecule has 1 rings (SSSR count). The molecule has 1 N–H and O–H groups in total. The Balaban J connectivity index is 2.85. The average Bonchev–Trinajstić information content (AvgIpc) is 2.51. The summed E-state index contributed by atoms with van der Waals surface area (Å²) in [5, 5.41) is 11.7. The van der Waals surface area contributed by atoms with Crippen molar-refractivity contribution in [1.82, 2.24) is 5.32 Å². The third kappa shape index (κ3) is 5.29. The summed E-state index contributed by atoms with van der Waals surface area (Å²) >= 11 is 0. The van der Waals surface area contributed by atoms with Gasteiger partial charge in [0, 0.05) is 6.26 Å². The fourth-order valence-corrected chi connectivity index (χ4v) is 2.53. The molecule has 25 heavy (non-hydrogen) atoms. The zero-order chi connectivity index (χ0) is 19.4. The van der Waals surface area contributed by atoms with Gasteiger partial charge >= 0.3 is 5.97 Å². The summed E-state index contributed by atoms with van der Waals surface area (Å²) in [7, 11) is -3.47. The SMILES string of the molecule is Cc1ccc(S(C)(=O)=O)cc1C(=O)OCC(=O)N[C@](C)(C#N)C(C)C. The van der Waals surface area contributed by atoms with Gasteiger partial charge in [0.05, 0.1) is 16.5 Å². The van der Waals surface area contributed by atoms with E-state index in [-0.39, 0.29) is 16.4 Å². The Labute approximate surface area is 147 Å². The number of nitrogens with zero attached hydrogens (tertiary/aromatic N) is 1. The maximum atomic E-state index is 12.2. The summed E-state index contributed by atoms with van der Waals surface area (Å²) in [5.41, 5.74) is -0.472. The van der Waals surface area contributed by atoms with E-state index in [1.165, 1.54) is 18.2 Å². The molecule has 0 radical (unpaired) electrons. The van der Waals surface area contributed by atoms with Crippen LogP contribution in [0.25, 0.3) is 0 Å². The molecule has 0 saturated carbocycles. The van der Waals surface area contributed by atoms with Crippen molar-refractivity contribution >= 4 is 21.7 Å². The zero-order valence-corrected chi connectivity index (χ0v) is 15.7. The normalized spacial score (nSPS) is 13.6. The van der Waals surface area contributed by atoms with Gasteiger partial charge in [0.2, 0.25) is 0 Å². The van der Waals surface area contributed by atoms with Gasteiger partial charge in [-0.2, -0.15) is 5.26 Å². The summed E-state index contributed by atoms with van der Waals surface area (Å²) in [4.78, 5) is 24.1. The van der Waals surface area contributed by atoms with E-state index in [4.69, 9.17) is 4.74 Å². The molecule has 1 atom stereocenters. The first kappa shape index (κ1) is 20.6. The van der Waals surface area contributed by atoms with Gasteiger partial charge in [0.25, 0.3) is 5.91 Å². The second kappa shape index (κ2) is 7.66. The first-order chi connectivity index (χ1) is 11.4. The van der Waals surface area contributed by atoms with Crippen molar-refractivity contribution in [3.05, 3.63) is 29.3 Å². The molecule has 0 fully saturated rings. The van der Waals surface area contributed by atoms with Crippen molar-refractivity contribution < 1.29 is 22.7 Å². The number of sulfone groups is 1. The molecule has 0 heterocycles. The van der Waals surface area contributed by atoms with Crippen LogP contribution < -0.4 is 5.32 Å². The van der Waals surface area contributed by atoms with E-state index in [0.717, 1.165) is 6.26 Å². The maximum Gasteiger partial charge on any atom is 0.338 e. The van der Waals surface area contributed by atoms with Gasteiger partial charge in [-0.25, -0.2) is 13.2 Å². The maximum absolute atomic E-state index is 12.2. The summed E-state index contributed by atoms with van der Waals surface area (Å²) in [6.07, 6.45) is 1.04. The first-order valence-electron chi connectivity index (χ1n) is 7.61. The van der Waals surface area contributed by atoms with E-state index >= 15 is 0 Å². The van der Waals surface area contributed by atoms with Crippen LogP contribution in [0, 0.1) is 24.2 Å². The molecular weight excluding hydrogens is 344 g/mol. The molecule has 0 spiro atoms. The molecule has 0 aromatic heterocycles. The van der Waals surface area contributed by atoms with Crippen molar-refractivity contribution in [2.75, 3.05) is 12.9 Å². The number of nitrogens with one attached hydrogen (secondary N) is 1. The van der Waals surface area contributed by atoms with Gasteiger partial charge < -0.3 is 10.1 Å². The molecule has 136 valence electrons. The molecule has 0 unspecified atom stereocenters. The molecule has 8 heteroatoms. The number of rotatable bonds is 6. The minimum atomic E-state index is -3.47. The number of amides is 1. The van der Waals surface area contributed by atoms with Crippen LogP contribution in [0.4, 0.5) is 0 Å². The number of carbonyl (C=O) groups excluding carboxylic acids is 2. The summed E-state index contributed by atoms with van der Waals surface area (Å²) < 4.78 is 28.1. The number of hydrogen-bond acceptors (Lipinski definition) is 6. The van der Waals surface area contributed by atoms with Crippen LogP contribution in [0.5, 0.6) is 0 Å². The Morgan fingerprint density at radius 1 is 1.36 bits per heavy atom. The van der Waals surface area contributed by atoms with Gasteiger partial charge in [0.15, 0.2) is 16.4 Å². The Bertz CT molecular complexity index is 824. The molecular formula is C17H22N2O5S. The van der Waals surface area contributed by atoms with Crippen LogP contribution >= 0.6 is 0 Å². The fourth-order valence-electron chi connectivity index (χ4n) is 1.89. The minimum absolute atomic E-state index is 0.00800. The number of nitriles is 1. The molecule has 0 bridgehead atoms. The quantitative estimate of drug-likeness (QED) is 0.765. The van der Waals surface area contributed by atoms with Crippen LogP contribution in [0.2, 0.25) is 0 Å². The van der Waals surface area contributed by atoms with E-state index in [0.29, 0.717) is 5.56 Å². The topological polar surface area (TPSA) is 113 Å². The highest BCUT2D eigenvalue weighted by atomic mass is 32.2. The van der Waals surface area contributed by atoms with Gasteiger partial charge in [-0.1, -0.05) is 19.9 Å². The van der Waals surface area contributed by atoms with Crippen LogP contribution in [0.1, 0.15) is 36.7 Å². The largest absolute Gasteiger partial charge is 0.452 e. The summed E-state index contributed by atoms with van der Waals surface area (Å²) in [6, 6.07) is 6.14. The Hall–Kier alpha value is -2.40. The molecule has 0 saturated heterocycles. The number of carbonyl (C=O) groups is 2. The van der Waals surface area contributed by atoms with Gasteiger partial charge in [0.1, 0.15) is 5.54 Å². The minimum Gasteiger partial charge on any atom is -0.452 e. The third-order valence-corrected chi connectivity index (χ3v) is 5.09. The lowest BCUT2D eigenvalue weighted by molar-refractivity contribution is -0.125. The Kier molecular flexibility index (Phi) is 6.32.